The van der Waals surface area contributed by atoms with Crippen LogP contribution >= 0.6 is 22.6 Å². The first-order valence-corrected chi connectivity index (χ1v) is 4.80. The zero-order chi connectivity index (χ0) is 9.19. The summed E-state index contributed by atoms with van der Waals surface area (Å²) in [4.78, 5) is 8.05. The molecule has 0 aliphatic rings. The van der Waals surface area contributed by atoms with E-state index < -0.39 is 0 Å². The third kappa shape index (κ3) is 2.92. The zero-order valence-electron chi connectivity index (χ0n) is 7.43. The van der Waals surface area contributed by atoms with Gasteiger partial charge in [-0.25, -0.2) is 9.97 Å². The lowest BCUT2D eigenvalue weighted by molar-refractivity contribution is 0.629. The van der Waals surface area contributed by atoms with Crippen LogP contribution in [0.4, 0.5) is 5.82 Å². The van der Waals surface area contributed by atoms with Gasteiger partial charge in [0.05, 0.1) is 3.57 Å². The van der Waals surface area contributed by atoms with Gasteiger partial charge in [0.2, 0.25) is 0 Å². The number of aromatic nitrogens is 2. The molecule has 0 amide bonds. The van der Waals surface area contributed by atoms with Gasteiger partial charge in [0.25, 0.3) is 0 Å². The Balaban J connectivity index is 2.83. The quantitative estimate of drug-likeness (QED) is 0.800. The molecule has 1 heterocycles. The molecule has 0 unspecified atom stereocenters. The maximum atomic E-state index is 4.13. The number of nitrogens with zero attached hydrogens (tertiary/aromatic N) is 2. The number of anilines is 1. The standard InChI is InChI=1S/C8H12IN3/c1-8(2,3)12-7-6(9)4-10-5-11-7/h4-5H,1-3H3,(H,10,11,12). The average molecular weight is 277 g/mol. The second-order valence-corrected chi connectivity index (χ2v) is 4.76. The smallest absolute Gasteiger partial charge is 0.143 e. The highest BCUT2D eigenvalue weighted by molar-refractivity contribution is 14.1. The predicted molar refractivity (Wildman–Crippen MR) is 58.1 cm³/mol. The summed E-state index contributed by atoms with van der Waals surface area (Å²) in [5.74, 6) is 0.901. The third-order valence-corrected chi connectivity index (χ3v) is 1.95. The van der Waals surface area contributed by atoms with E-state index in [1.807, 2.05) is 0 Å². The van der Waals surface area contributed by atoms with Crippen molar-refractivity contribution in [2.45, 2.75) is 26.3 Å². The molecular weight excluding hydrogens is 265 g/mol. The molecule has 0 atom stereocenters. The first-order chi connectivity index (χ1) is 5.49. The number of hydrogen-bond acceptors (Lipinski definition) is 3. The van der Waals surface area contributed by atoms with Crippen molar-refractivity contribution >= 4 is 28.4 Å². The first kappa shape index (κ1) is 9.70. The van der Waals surface area contributed by atoms with Gasteiger partial charge in [-0.1, -0.05) is 0 Å². The Hall–Kier alpha value is -0.390. The molecule has 1 aromatic heterocycles. The molecule has 3 nitrogen and oxygen atoms in total. The fourth-order valence-electron chi connectivity index (χ4n) is 0.760. The van der Waals surface area contributed by atoms with Crippen molar-refractivity contribution in [2.75, 3.05) is 5.32 Å². The van der Waals surface area contributed by atoms with Gasteiger partial charge >= 0.3 is 0 Å². The number of hydrogen-bond donors (Lipinski definition) is 1. The molecule has 1 aromatic rings. The molecule has 1 N–H and O–H groups in total. The molecule has 4 heteroatoms. The van der Waals surface area contributed by atoms with Crippen LogP contribution in [0, 0.1) is 3.57 Å². The highest BCUT2D eigenvalue weighted by Gasteiger charge is 2.11. The Labute approximate surface area is 86.1 Å². The minimum atomic E-state index is 0.0499. The summed E-state index contributed by atoms with van der Waals surface area (Å²) in [6.45, 7) is 6.31. The minimum absolute atomic E-state index is 0.0499. The van der Waals surface area contributed by atoms with Crippen molar-refractivity contribution in [1.29, 1.82) is 0 Å². The van der Waals surface area contributed by atoms with Crippen LogP contribution in [0.15, 0.2) is 12.5 Å². The van der Waals surface area contributed by atoms with Crippen LogP contribution in [-0.2, 0) is 0 Å². The maximum absolute atomic E-state index is 4.13. The second-order valence-electron chi connectivity index (χ2n) is 3.59. The fourth-order valence-corrected chi connectivity index (χ4v) is 1.19. The lowest BCUT2D eigenvalue weighted by Crippen LogP contribution is -2.27. The number of rotatable bonds is 1. The molecule has 0 bridgehead atoms. The Morgan fingerprint density at radius 1 is 1.42 bits per heavy atom. The van der Waals surface area contributed by atoms with Gasteiger partial charge < -0.3 is 5.32 Å². The van der Waals surface area contributed by atoms with Crippen LogP contribution in [0.2, 0.25) is 0 Å². The molecule has 0 radical (unpaired) electrons. The Kier molecular flexibility index (Phi) is 2.87. The van der Waals surface area contributed by atoms with Crippen LogP contribution in [0.1, 0.15) is 20.8 Å². The lowest BCUT2D eigenvalue weighted by Gasteiger charge is -2.21. The van der Waals surface area contributed by atoms with Crippen molar-refractivity contribution in [3.63, 3.8) is 0 Å². The van der Waals surface area contributed by atoms with Crippen LogP contribution in [0.25, 0.3) is 0 Å². The van der Waals surface area contributed by atoms with E-state index in [9.17, 15) is 0 Å². The van der Waals surface area contributed by atoms with Gasteiger partial charge in [0, 0.05) is 11.7 Å². The molecule has 0 saturated carbocycles. The van der Waals surface area contributed by atoms with E-state index in [-0.39, 0.29) is 5.54 Å². The molecule has 0 aromatic carbocycles. The molecule has 12 heavy (non-hydrogen) atoms. The van der Waals surface area contributed by atoms with E-state index in [1.165, 1.54) is 0 Å². The second kappa shape index (κ2) is 3.55. The number of halogens is 1. The van der Waals surface area contributed by atoms with Crippen molar-refractivity contribution in [1.82, 2.24) is 9.97 Å². The summed E-state index contributed by atoms with van der Waals surface area (Å²) in [5, 5.41) is 3.29. The third-order valence-electron chi connectivity index (χ3n) is 1.16. The summed E-state index contributed by atoms with van der Waals surface area (Å²) in [6.07, 6.45) is 3.35. The van der Waals surface area contributed by atoms with Crippen molar-refractivity contribution in [2.24, 2.45) is 0 Å². The molecule has 0 fully saturated rings. The highest BCUT2D eigenvalue weighted by atomic mass is 127. The largest absolute Gasteiger partial charge is 0.364 e. The zero-order valence-corrected chi connectivity index (χ0v) is 9.58. The van der Waals surface area contributed by atoms with Crippen molar-refractivity contribution in [3.8, 4) is 0 Å². The van der Waals surface area contributed by atoms with Gasteiger partial charge in [-0.15, -0.1) is 0 Å². The van der Waals surface area contributed by atoms with Gasteiger partial charge in [-0.2, -0.15) is 0 Å². The maximum Gasteiger partial charge on any atom is 0.143 e. The molecule has 0 saturated heterocycles. The molecule has 0 aliphatic heterocycles. The van der Waals surface area contributed by atoms with E-state index in [1.54, 1.807) is 12.5 Å². The summed E-state index contributed by atoms with van der Waals surface area (Å²) in [7, 11) is 0. The molecule has 1 rings (SSSR count). The summed E-state index contributed by atoms with van der Waals surface area (Å²) >= 11 is 2.21. The van der Waals surface area contributed by atoms with Crippen molar-refractivity contribution < 1.29 is 0 Å². The average Bonchev–Trinajstić information content (AvgIpc) is 1.91. The lowest BCUT2D eigenvalue weighted by atomic mass is 10.1. The molecular formula is C8H12IN3. The topological polar surface area (TPSA) is 37.8 Å². The van der Waals surface area contributed by atoms with Crippen LogP contribution in [0.3, 0.4) is 0 Å². The number of nitrogens with one attached hydrogen (secondary N) is 1. The SMILES string of the molecule is CC(C)(C)Nc1ncncc1I. The van der Waals surface area contributed by atoms with Crippen LogP contribution < -0.4 is 5.32 Å². The van der Waals surface area contributed by atoms with Gasteiger partial charge in [0.1, 0.15) is 12.1 Å². The first-order valence-electron chi connectivity index (χ1n) is 3.73. The normalized spacial score (nSPS) is 11.3. The van der Waals surface area contributed by atoms with E-state index in [4.69, 9.17) is 0 Å². The van der Waals surface area contributed by atoms with Gasteiger partial charge in [-0.3, -0.25) is 0 Å². The minimum Gasteiger partial charge on any atom is -0.364 e. The highest BCUT2D eigenvalue weighted by Crippen LogP contribution is 2.16. The van der Waals surface area contributed by atoms with Gasteiger partial charge in [0.15, 0.2) is 0 Å². The van der Waals surface area contributed by atoms with Gasteiger partial charge in [-0.05, 0) is 43.4 Å². The fraction of sp³-hybridized carbons (Fsp3) is 0.500. The summed E-state index contributed by atoms with van der Waals surface area (Å²) in [6, 6.07) is 0. The molecule has 66 valence electrons. The Morgan fingerprint density at radius 2 is 2.08 bits per heavy atom. The Morgan fingerprint density at radius 3 is 2.58 bits per heavy atom. The molecule has 0 aliphatic carbocycles. The van der Waals surface area contributed by atoms with E-state index in [0.717, 1.165) is 9.39 Å². The van der Waals surface area contributed by atoms with E-state index >= 15 is 0 Å². The van der Waals surface area contributed by atoms with Crippen molar-refractivity contribution in [3.05, 3.63) is 16.1 Å². The van der Waals surface area contributed by atoms with Crippen LogP contribution in [-0.4, -0.2) is 15.5 Å². The van der Waals surface area contributed by atoms with Crippen LogP contribution in [0.5, 0.6) is 0 Å². The monoisotopic (exact) mass is 277 g/mol. The summed E-state index contributed by atoms with van der Waals surface area (Å²) < 4.78 is 1.05. The Bertz CT molecular complexity index is 267. The predicted octanol–water partition coefficient (Wildman–Crippen LogP) is 2.29. The summed E-state index contributed by atoms with van der Waals surface area (Å²) in [5.41, 5.74) is 0.0499. The van der Waals surface area contributed by atoms with E-state index in [0.29, 0.717) is 0 Å². The molecule has 0 spiro atoms. The van der Waals surface area contributed by atoms with E-state index in [2.05, 4.69) is 58.6 Å².